The zero-order valence-corrected chi connectivity index (χ0v) is 13.5. The lowest BCUT2D eigenvalue weighted by atomic mass is 10.00. The van der Waals surface area contributed by atoms with Crippen LogP contribution in [0.4, 0.5) is 0 Å². The van der Waals surface area contributed by atoms with Crippen molar-refractivity contribution < 1.29 is 0 Å². The number of nitrogens with one attached hydrogen (secondary N) is 1. The second-order valence-electron chi connectivity index (χ2n) is 5.38. The number of thioether (sulfide) groups is 1. The molecule has 0 aliphatic rings. The van der Waals surface area contributed by atoms with Gasteiger partial charge in [0.2, 0.25) is 0 Å². The second-order valence-corrected chi connectivity index (χ2v) is 6.69. The van der Waals surface area contributed by atoms with Crippen LogP contribution in [0.15, 0.2) is 69.7 Å². The highest BCUT2D eigenvalue weighted by Crippen LogP contribution is 2.36. The van der Waals surface area contributed by atoms with E-state index in [1.807, 2.05) is 49.4 Å². The van der Waals surface area contributed by atoms with Gasteiger partial charge in [0, 0.05) is 16.5 Å². The molecule has 1 heterocycles. The fraction of sp³-hybridized carbons (Fsp3) is 0.105. The summed E-state index contributed by atoms with van der Waals surface area (Å²) in [6, 6.07) is 16.1. The van der Waals surface area contributed by atoms with E-state index in [2.05, 4.69) is 24.6 Å². The molecule has 3 rings (SSSR count). The number of benzene rings is 2. The van der Waals surface area contributed by atoms with E-state index in [4.69, 9.17) is 0 Å². The third-order valence-electron chi connectivity index (χ3n) is 3.46. The summed E-state index contributed by atoms with van der Waals surface area (Å²) in [6.45, 7) is 7.91. The van der Waals surface area contributed by atoms with Crippen LogP contribution in [0.25, 0.3) is 22.0 Å². The number of pyridine rings is 1. The number of hydrogen-bond donors (Lipinski definition) is 1. The highest BCUT2D eigenvalue weighted by atomic mass is 32.2. The summed E-state index contributed by atoms with van der Waals surface area (Å²) in [5, 5.41) is 1.06. The summed E-state index contributed by atoms with van der Waals surface area (Å²) in [4.78, 5) is 17.1. The fourth-order valence-corrected chi connectivity index (χ4v) is 3.37. The molecule has 1 aromatic heterocycles. The monoisotopic (exact) mass is 307 g/mol. The lowest BCUT2D eigenvalue weighted by Crippen LogP contribution is -2.10. The van der Waals surface area contributed by atoms with Gasteiger partial charge in [-0.05, 0) is 36.4 Å². The smallest absolute Gasteiger partial charge is 0.263 e. The van der Waals surface area contributed by atoms with Crippen LogP contribution in [-0.4, -0.2) is 4.98 Å². The third kappa shape index (κ3) is 2.72. The van der Waals surface area contributed by atoms with Crippen LogP contribution in [0.2, 0.25) is 0 Å². The molecule has 0 saturated heterocycles. The number of H-pyrrole nitrogens is 1. The number of aromatic amines is 1. The van der Waals surface area contributed by atoms with Crippen molar-refractivity contribution in [3.63, 3.8) is 0 Å². The average molecular weight is 307 g/mol. The van der Waals surface area contributed by atoms with E-state index in [9.17, 15) is 4.79 Å². The molecule has 2 aromatic carbocycles. The molecular weight excluding hydrogens is 290 g/mol. The van der Waals surface area contributed by atoms with Gasteiger partial charge in [0.05, 0.1) is 4.90 Å². The lowest BCUT2D eigenvalue weighted by molar-refractivity contribution is 1.20. The number of hydrogen-bond acceptors (Lipinski definition) is 2. The zero-order chi connectivity index (χ0) is 15.7. The summed E-state index contributed by atoms with van der Waals surface area (Å²) in [5.74, 6) is 0. The van der Waals surface area contributed by atoms with Gasteiger partial charge in [-0.2, -0.15) is 0 Å². The Morgan fingerprint density at radius 2 is 1.86 bits per heavy atom. The van der Waals surface area contributed by atoms with Gasteiger partial charge in [0.15, 0.2) is 0 Å². The van der Waals surface area contributed by atoms with Crippen LogP contribution < -0.4 is 5.56 Å². The lowest BCUT2D eigenvalue weighted by Gasteiger charge is -2.13. The molecule has 0 bridgehead atoms. The van der Waals surface area contributed by atoms with Gasteiger partial charge in [-0.25, -0.2) is 0 Å². The minimum atomic E-state index is -0.0665. The van der Waals surface area contributed by atoms with Crippen molar-refractivity contribution in [2.45, 2.75) is 18.7 Å². The van der Waals surface area contributed by atoms with Crippen LogP contribution in [0.3, 0.4) is 0 Å². The Kier molecular flexibility index (Phi) is 3.90. The Bertz CT molecular complexity index is 910. The van der Waals surface area contributed by atoms with Gasteiger partial charge in [-0.1, -0.05) is 60.3 Å². The van der Waals surface area contributed by atoms with Crippen LogP contribution >= 0.6 is 11.8 Å². The zero-order valence-electron chi connectivity index (χ0n) is 12.6. The van der Waals surface area contributed by atoms with E-state index in [0.717, 1.165) is 26.9 Å². The Hall–Kier alpha value is -2.26. The molecule has 0 aliphatic carbocycles. The van der Waals surface area contributed by atoms with E-state index < -0.39 is 0 Å². The minimum Gasteiger partial charge on any atom is -0.321 e. The average Bonchev–Trinajstić information content (AvgIpc) is 2.49. The molecule has 0 amide bonds. The molecule has 0 fully saturated rings. The SMILES string of the molecule is C=C(C)Sc1c(-c2ccccc2)c2cc(C)ccc2[nH]c1=O. The number of aromatic nitrogens is 1. The highest BCUT2D eigenvalue weighted by Gasteiger charge is 2.15. The van der Waals surface area contributed by atoms with E-state index in [1.165, 1.54) is 17.3 Å². The largest absolute Gasteiger partial charge is 0.321 e. The van der Waals surface area contributed by atoms with E-state index >= 15 is 0 Å². The molecule has 0 aliphatic heterocycles. The summed E-state index contributed by atoms with van der Waals surface area (Å²) >= 11 is 1.43. The summed E-state index contributed by atoms with van der Waals surface area (Å²) in [7, 11) is 0. The molecule has 0 spiro atoms. The standard InChI is InChI=1S/C19H17NOS/c1-12(2)22-18-17(14-7-5-4-6-8-14)15-11-13(3)9-10-16(15)20-19(18)21/h4-11H,1H2,2-3H3,(H,20,21). The first kappa shape index (κ1) is 14.7. The predicted molar refractivity (Wildman–Crippen MR) is 95.4 cm³/mol. The molecule has 0 unspecified atom stereocenters. The fourth-order valence-electron chi connectivity index (χ4n) is 2.55. The van der Waals surface area contributed by atoms with Gasteiger partial charge >= 0.3 is 0 Å². The predicted octanol–water partition coefficient (Wildman–Crippen LogP) is 5.13. The number of rotatable bonds is 3. The maximum absolute atomic E-state index is 12.5. The molecule has 0 atom stereocenters. The molecule has 3 heteroatoms. The second kappa shape index (κ2) is 5.85. The molecule has 1 N–H and O–H groups in total. The third-order valence-corrected chi connectivity index (χ3v) is 4.41. The number of fused-ring (bicyclic) bond motifs is 1. The topological polar surface area (TPSA) is 32.9 Å². The molecule has 0 radical (unpaired) electrons. The van der Waals surface area contributed by atoms with E-state index in [-0.39, 0.29) is 5.56 Å². The molecule has 0 saturated carbocycles. The maximum Gasteiger partial charge on any atom is 0.263 e. The molecule has 22 heavy (non-hydrogen) atoms. The van der Waals surface area contributed by atoms with Gasteiger partial charge in [-0.15, -0.1) is 0 Å². The maximum atomic E-state index is 12.5. The van der Waals surface area contributed by atoms with E-state index in [1.54, 1.807) is 0 Å². The van der Waals surface area contributed by atoms with Gasteiger partial charge in [0.1, 0.15) is 0 Å². The quantitative estimate of drug-likeness (QED) is 0.680. The van der Waals surface area contributed by atoms with Crippen LogP contribution in [-0.2, 0) is 0 Å². The van der Waals surface area contributed by atoms with Crippen molar-refractivity contribution in [3.05, 3.63) is 75.9 Å². The van der Waals surface area contributed by atoms with Gasteiger partial charge in [-0.3, -0.25) is 4.79 Å². The van der Waals surface area contributed by atoms with Crippen LogP contribution in [0.1, 0.15) is 12.5 Å². The van der Waals surface area contributed by atoms with Crippen LogP contribution in [0, 0.1) is 6.92 Å². The Morgan fingerprint density at radius 1 is 1.14 bits per heavy atom. The molecular formula is C19H17NOS. The Labute approximate surface area is 133 Å². The van der Waals surface area contributed by atoms with E-state index in [0.29, 0.717) is 4.90 Å². The first-order chi connectivity index (χ1) is 10.6. The first-order valence-electron chi connectivity index (χ1n) is 7.11. The van der Waals surface area contributed by atoms with Crippen molar-refractivity contribution in [1.82, 2.24) is 4.98 Å². The number of aryl methyl sites for hydroxylation is 1. The van der Waals surface area contributed by atoms with Crippen molar-refractivity contribution in [2.24, 2.45) is 0 Å². The first-order valence-corrected chi connectivity index (χ1v) is 7.93. The van der Waals surface area contributed by atoms with Crippen molar-refractivity contribution in [2.75, 3.05) is 0 Å². The molecule has 110 valence electrons. The summed E-state index contributed by atoms with van der Waals surface area (Å²) in [6.07, 6.45) is 0. The van der Waals surface area contributed by atoms with Crippen molar-refractivity contribution in [1.29, 1.82) is 0 Å². The molecule has 3 aromatic rings. The highest BCUT2D eigenvalue weighted by molar-refractivity contribution is 8.03. The van der Waals surface area contributed by atoms with Gasteiger partial charge in [0.25, 0.3) is 5.56 Å². The molecule has 2 nitrogen and oxygen atoms in total. The number of allylic oxidation sites excluding steroid dienone is 1. The summed E-state index contributed by atoms with van der Waals surface area (Å²) in [5.41, 5.74) is 4.00. The van der Waals surface area contributed by atoms with Crippen LogP contribution in [0.5, 0.6) is 0 Å². The normalized spacial score (nSPS) is 10.8. The summed E-state index contributed by atoms with van der Waals surface area (Å²) < 4.78 is 0. The van der Waals surface area contributed by atoms with Crippen molar-refractivity contribution in [3.8, 4) is 11.1 Å². The Morgan fingerprint density at radius 3 is 2.55 bits per heavy atom. The Balaban J connectivity index is 2.44. The van der Waals surface area contributed by atoms with Gasteiger partial charge < -0.3 is 4.98 Å². The van der Waals surface area contributed by atoms with Crippen molar-refractivity contribution >= 4 is 22.7 Å². The minimum absolute atomic E-state index is 0.0665.